The molecule has 182 valence electrons. The van der Waals surface area contributed by atoms with Crippen molar-refractivity contribution in [3.8, 4) is 22.9 Å². The summed E-state index contributed by atoms with van der Waals surface area (Å²) in [4.78, 5) is 31.6. The van der Waals surface area contributed by atoms with Crippen molar-refractivity contribution in [3.63, 3.8) is 0 Å². The molecule has 0 radical (unpaired) electrons. The Morgan fingerprint density at radius 3 is 1.94 bits per heavy atom. The summed E-state index contributed by atoms with van der Waals surface area (Å²) >= 11 is 0. The number of carboxylic acids is 1. The highest BCUT2D eigenvalue weighted by atomic mass is 19.4. The molecule has 2 amide bonds. The minimum absolute atomic E-state index is 0.0234. The van der Waals surface area contributed by atoms with Gasteiger partial charge in [0.05, 0.1) is 0 Å². The smallest absolute Gasteiger partial charge is 0.481 e. The van der Waals surface area contributed by atoms with E-state index in [-0.39, 0.29) is 18.3 Å². The second-order valence-corrected chi connectivity index (χ2v) is 7.86. The van der Waals surface area contributed by atoms with E-state index in [1.165, 1.54) is 12.1 Å². The molecule has 35 heavy (non-hydrogen) atoms. The molecular weight excluding hydrogens is 469 g/mol. The molecule has 1 aliphatic rings. The standard InChI is InChI=1S/C23H19F3N4O5/c24-23(25,26)35-18-7-5-17(6-8-18)30-20(33)29-16-3-1-14(2-4-16)15-11-27-21(28-12-15)34-13-22(9-10-22)19(31)32/h1-8,11-12H,9-10,13H2,(H,31,32)(H2,29,30,33). The van der Waals surface area contributed by atoms with E-state index in [4.69, 9.17) is 4.74 Å². The predicted molar refractivity (Wildman–Crippen MR) is 118 cm³/mol. The zero-order valence-corrected chi connectivity index (χ0v) is 18.0. The Kier molecular flexibility index (Phi) is 6.45. The van der Waals surface area contributed by atoms with Crippen molar-refractivity contribution < 1.29 is 37.3 Å². The normalized spacial score (nSPS) is 14.0. The summed E-state index contributed by atoms with van der Waals surface area (Å²) in [5.41, 5.74) is 1.39. The monoisotopic (exact) mass is 488 g/mol. The quantitative estimate of drug-likeness (QED) is 0.411. The highest BCUT2D eigenvalue weighted by Gasteiger charge is 2.51. The minimum Gasteiger partial charge on any atom is -0.481 e. The Balaban J connectivity index is 1.29. The number of anilines is 2. The van der Waals surface area contributed by atoms with Gasteiger partial charge in [-0.3, -0.25) is 4.79 Å². The lowest BCUT2D eigenvalue weighted by Gasteiger charge is -2.11. The molecule has 1 fully saturated rings. The van der Waals surface area contributed by atoms with Crippen LogP contribution in [0.4, 0.5) is 29.3 Å². The third-order valence-electron chi connectivity index (χ3n) is 5.23. The third kappa shape index (κ3) is 6.37. The van der Waals surface area contributed by atoms with Crippen molar-refractivity contribution in [1.29, 1.82) is 0 Å². The number of aromatic nitrogens is 2. The largest absolute Gasteiger partial charge is 0.573 e. The second kappa shape index (κ2) is 9.49. The number of alkyl halides is 3. The number of hydrogen-bond acceptors (Lipinski definition) is 6. The van der Waals surface area contributed by atoms with E-state index >= 15 is 0 Å². The first-order valence-corrected chi connectivity index (χ1v) is 10.3. The Labute approximate surface area is 196 Å². The molecule has 0 aliphatic heterocycles. The van der Waals surface area contributed by atoms with Gasteiger partial charge in [-0.25, -0.2) is 14.8 Å². The van der Waals surface area contributed by atoms with Crippen LogP contribution in [0.25, 0.3) is 11.1 Å². The number of nitrogens with zero attached hydrogens (tertiary/aromatic N) is 2. The number of carbonyl (C=O) groups is 2. The lowest BCUT2D eigenvalue weighted by atomic mass is 10.1. The molecule has 2 aromatic carbocycles. The summed E-state index contributed by atoms with van der Waals surface area (Å²) in [6.07, 6.45) is -0.556. The minimum atomic E-state index is -4.79. The fourth-order valence-electron chi connectivity index (χ4n) is 3.09. The Bertz CT molecular complexity index is 1200. The fraction of sp³-hybridized carbons (Fsp3) is 0.217. The van der Waals surface area contributed by atoms with Crippen LogP contribution in [0, 0.1) is 5.41 Å². The van der Waals surface area contributed by atoms with E-state index in [1.54, 1.807) is 36.7 Å². The van der Waals surface area contributed by atoms with E-state index in [2.05, 4.69) is 25.3 Å². The van der Waals surface area contributed by atoms with Crippen molar-refractivity contribution in [2.45, 2.75) is 19.2 Å². The highest BCUT2D eigenvalue weighted by Crippen LogP contribution is 2.45. The average molecular weight is 488 g/mol. The van der Waals surface area contributed by atoms with Gasteiger partial charge in [0.15, 0.2) is 0 Å². The summed E-state index contributed by atoms with van der Waals surface area (Å²) in [5.74, 6) is -1.28. The molecule has 1 heterocycles. The number of aliphatic carboxylic acids is 1. The van der Waals surface area contributed by atoms with Gasteiger partial charge in [-0.05, 0) is 54.8 Å². The zero-order valence-electron chi connectivity index (χ0n) is 18.0. The maximum absolute atomic E-state index is 12.2. The fourth-order valence-corrected chi connectivity index (χ4v) is 3.09. The van der Waals surface area contributed by atoms with E-state index in [9.17, 15) is 27.9 Å². The molecule has 0 saturated heterocycles. The van der Waals surface area contributed by atoms with Gasteiger partial charge in [0.25, 0.3) is 0 Å². The number of rotatable bonds is 8. The van der Waals surface area contributed by atoms with Crippen LogP contribution in [0.2, 0.25) is 0 Å². The van der Waals surface area contributed by atoms with Crippen molar-refractivity contribution >= 4 is 23.4 Å². The number of urea groups is 1. The maximum atomic E-state index is 12.2. The number of carboxylic acid groups (broad SMARTS) is 1. The van der Waals surface area contributed by atoms with Gasteiger partial charge < -0.3 is 25.2 Å². The molecule has 0 unspecified atom stereocenters. The predicted octanol–water partition coefficient (Wildman–Crippen LogP) is 4.93. The highest BCUT2D eigenvalue weighted by molar-refractivity contribution is 5.99. The molecule has 0 atom stereocenters. The van der Waals surface area contributed by atoms with Gasteiger partial charge in [-0.2, -0.15) is 0 Å². The van der Waals surface area contributed by atoms with Gasteiger partial charge >= 0.3 is 24.4 Å². The van der Waals surface area contributed by atoms with Crippen molar-refractivity contribution in [1.82, 2.24) is 9.97 Å². The van der Waals surface area contributed by atoms with Gasteiger partial charge in [0, 0.05) is 29.3 Å². The topological polar surface area (TPSA) is 123 Å². The molecule has 1 aliphatic carbocycles. The van der Waals surface area contributed by atoms with Crippen LogP contribution < -0.4 is 20.1 Å². The number of ether oxygens (including phenoxy) is 2. The summed E-state index contributed by atoms with van der Waals surface area (Å²) in [6.45, 7) is 0.0234. The Morgan fingerprint density at radius 2 is 1.46 bits per heavy atom. The van der Waals surface area contributed by atoms with Crippen molar-refractivity contribution in [2.24, 2.45) is 5.41 Å². The molecule has 1 saturated carbocycles. The first-order valence-electron chi connectivity index (χ1n) is 10.3. The van der Waals surface area contributed by atoms with E-state index < -0.39 is 29.5 Å². The Hall–Kier alpha value is -4.35. The van der Waals surface area contributed by atoms with Crippen molar-refractivity contribution in [3.05, 3.63) is 60.9 Å². The molecule has 4 rings (SSSR count). The molecule has 3 aromatic rings. The van der Waals surface area contributed by atoms with Crippen LogP contribution in [-0.4, -0.2) is 40.0 Å². The number of amides is 2. The summed E-state index contributed by atoms with van der Waals surface area (Å²) < 4.78 is 45.8. The van der Waals surface area contributed by atoms with Crippen LogP contribution in [0.3, 0.4) is 0 Å². The van der Waals surface area contributed by atoms with Crippen LogP contribution in [0.15, 0.2) is 60.9 Å². The van der Waals surface area contributed by atoms with Crippen LogP contribution in [0.5, 0.6) is 11.8 Å². The van der Waals surface area contributed by atoms with E-state index in [0.717, 1.165) is 17.7 Å². The van der Waals surface area contributed by atoms with Gasteiger partial charge in [-0.1, -0.05) is 12.1 Å². The van der Waals surface area contributed by atoms with Gasteiger partial charge in [0.1, 0.15) is 17.8 Å². The number of hydrogen-bond donors (Lipinski definition) is 3. The molecule has 12 heteroatoms. The first kappa shape index (κ1) is 23.8. The average Bonchev–Trinajstić information content (AvgIpc) is 3.60. The first-order chi connectivity index (χ1) is 16.6. The van der Waals surface area contributed by atoms with E-state index in [0.29, 0.717) is 24.1 Å². The molecule has 1 aromatic heterocycles. The van der Waals surface area contributed by atoms with Gasteiger partial charge in [-0.15, -0.1) is 13.2 Å². The SMILES string of the molecule is O=C(Nc1ccc(OC(F)(F)F)cc1)Nc1ccc(-c2cnc(OCC3(C(=O)O)CC3)nc2)cc1. The Morgan fingerprint density at radius 1 is 0.914 bits per heavy atom. The molecule has 9 nitrogen and oxygen atoms in total. The summed E-state index contributed by atoms with van der Waals surface area (Å²) in [6, 6.07) is 11.0. The lowest BCUT2D eigenvalue weighted by molar-refractivity contribution is -0.274. The molecule has 0 spiro atoms. The second-order valence-electron chi connectivity index (χ2n) is 7.86. The summed E-state index contributed by atoms with van der Waals surface area (Å²) in [7, 11) is 0. The zero-order chi connectivity index (χ0) is 25.1. The number of carbonyl (C=O) groups excluding carboxylic acids is 1. The number of benzene rings is 2. The number of halogens is 3. The summed E-state index contributed by atoms with van der Waals surface area (Å²) in [5, 5.41) is 14.3. The third-order valence-corrected chi connectivity index (χ3v) is 5.23. The van der Waals surface area contributed by atoms with Crippen LogP contribution >= 0.6 is 0 Å². The molecule has 0 bridgehead atoms. The number of nitrogens with one attached hydrogen (secondary N) is 2. The van der Waals surface area contributed by atoms with E-state index in [1.807, 2.05) is 0 Å². The maximum Gasteiger partial charge on any atom is 0.573 e. The lowest BCUT2D eigenvalue weighted by Crippen LogP contribution is -2.23. The van der Waals surface area contributed by atoms with Gasteiger partial charge in [0.2, 0.25) is 0 Å². The molecule has 3 N–H and O–H groups in total. The molecular formula is C23H19F3N4O5. The van der Waals surface area contributed by atoms with Crippen molar-refractivity contribution in [2.75, 3.05) is 17.2 Å². The van der Waals surface area contributed by atoms with Crippen LogP contribution in [-0.2, 0) is 4.79 Å². The van der Waals surface area contributed by atoms with Crippen LogP contribution in [0.1, 0.15) is 12.8 Å².